The van der Waals surface area contributed by atoms with Crippen LogP contribution in [0.5, 0.6) is 5.75 Å². The molecule has 0 aromatic heterocycles. The van der Waals surface area contributed by atoms with Gasteiger partial charge in [0.15, 0.2) is 0 Å². The molecule has 19 heavy (non-hydrogen) atoms. The fraction of sp³-hybridized carbons (Fsp3) is 0.200. The van der Waals surface area contributed by atoms with Crippen LogP contribution in [0.1, 0.15) is 17.2 Å². The first-order chi connectivity index (χ1) is 9.10. The molecule has 2 aromatic carbocycles. The number of halogens is 2. The smallest absolute Gasteiger partial charge is 0.139 e. The summed E-state index contributed by atoms with van der Waals surface area (Å²) >= 11 is 6.08. The molecule has 0 saturated heterocycles. The molecule has 2 aromatic rings. The topological polar surface area (TPSA) is 35.2 Å². The zero-order valence-electron chi connectivity index (χ0n) is 10.6. The Morgan fingerprint density at radius 2 is 1.89 bits per heavy atom. The third kappa shape index (κ3) is 3.46. The summed E-state index contributed by atoms with van der Waals surface area (Å²) in [6.07, 6.45) is -0.347. The first-order valence-electron chi connectivity index (χ1n) is 5.98. The van der Waals surface area contributed by atoms with Crippen LogP contribution < -0.4 is 10.5 Å². The second-order valence-electron chi connectivity index (χ2n) is 4.33. The Labute approximate surface area is 117 Å². The van der Waals surface area contributed by atoms with E-state index in [1.165, 1.54) is 12.1 Å². The van der Waals surface area contributed by atoms with Crippen molar-refractivity contribution < 1.29 is 9.13 Å². The highest BCUT2D eigenvalue weighted by molar-refractivity contribution is 6.32. The van der Waals surface area contributed by atoms with Gasteiger partial charge in [0.1, 0.15) is 17.7 Å². The molecule has 1 unspecified atom stereocenters. The van der Waals surface area contributed by atoms with Crippen molar-refractivity contribution >= 4 is 11.6 Å². The van der Waals surface area contributed by atoms with Crippen molar-refractivity contribution in [2.24, 2.45) is 5.73 Å². The van der Waals surface area contributed by atoms with E-state index in [1.54, 1.807) is 18.2 Å². The van der Waals surface area contributed by atoms with Gasteiger partial charge in [-0.05, 0) is 42.3 Å². The molecule has 0 heterocycles. The Morgan fingerprint density at radius 1 is 1.21 bits per heavy atom. The summed E-state index contributed by atoms with van der Waals surface area (Å²) in [5.74, 6) is 0.301. The molecular weight excluding hydrogens is 265 g/mol. The van der Waals surface area contributed by atoms with Crippen molar-refractivity contribution in [3.05, 3.63) is 64.4 Å². The standard InChI is InChI=1S/C15H15ClFNO/c1-10-2-7-13(16)14(8-10)19-15(9-18)11-3-5-12(17)6-4-11/h2-8,15H,9,18H2,1H3. The van der Waals surface area contributed by atoms with Crippen LogP contribution in [0.2, 0.25) is 5.02 Å². The molecule has 2 rings (SSSR count). The van der Waals surface area contributed by atoms with Gasteiger partial charge in [0.05, 0.1) is 5.02 Å². The van der Waals surface area contributed by atoms with Gasteiger partial charge in [0, 0.05) is 6.54 Å². The van der Waals surface area contributed by atoms with Crippen molar-refractivity contribution in [3.63, 3.8) is 0 Å². The third-order valence-corrected chi connectivity index (χ3v) is 3.12. The number of nitrogens with two attached hydrogens (primary N) is 1. The normalized spacial score (nSPS) is 12.2. The minimum atomic E-state index is -0.347. The Hall–Kier alpha value is -1.58. The van der Waals surface area contributed by atoms with Crippen LogP contribution in [0.25, 0.3) is 0 Å². The maximum Gasteiger partial charge on any atom is 0.139 e. The quantitative estimate of drug-likeness (QED) is 0.922. The predicted octanol–water partition coefficient (Wildman–Crippen LogP) is 3.87. The Bertz CT molecular complexity index is 557. The molecule has 0 amide bonds. The zero-order valence-corrected chi connectivity index (χ0v) is 11.3. The monoisotopic (exact) mass is 279 g/mol. The van der Waals surface area contributed by atoms with E-state index in [9.17, 15) is 4.39 Å². The average Bonchev–Trinajstić information content (AvgIpc) is 2.41. The molecule has 0 aliphatic heterocycles. The Kier molecular flexibility index (Phi) is 4.40. The number of aryl methyl sites for hydroxylation is 1. The SMILES string of the molecule is Cc1ccc(Cl)c(OC(CN)c2ccc(F)cc2)c1. The van der Waals surface area contributed by atoms with Gasteiger partial charge in [-0.15, -0.1) is 0 Å². The van der Waals surface area contributed by atoms with Gasteiger partial charge < -0.3 is 10.5 Å². The molecule has 0 aliphatic carbocycles. The third-order valence-electron chi connectivity index (χ3n) is 2.81. The highest BCUT2D eigenvalue weighted by Crippen LogP contribution is 2.29. The molecule has 2 N–H and O–H groups in total. The molecular formula is C15H15ClFNO. The number of hydrogen-bond acceptors (Lipinski definition) is 2. The summed E-state index contributed by atoms with van der Waals surface area (Å²) in [5.41, 5.74) is 7.59. The first kappa shape index (κ1) is 13.8. The van der Waals surface area contributed by atoms with Gasteiger partial charge in [-0.1, -0.05) is 29.8 Å². The van der Waals surface area contributed by atoms with Crippen LogP contribution in [0.4, 0.5) is 4.39 Å². The maximum absolute atomic E-state index is 12.9. The summed E-state index contributed by atoms with van der Waals surface area (Å²) in [6.45, 7) is 2.24. The summed E-state index contributed by atoms with van der Waals surface area (Å²) < 4.78 is 18.7. The van der Waals surface area contributed by atoms with E-state index in [1.807, 2.05) is 19.1 Å². The molecule has 1 atom stereocenters. The fourth-order valence-electron chi connectivity index (χ4n) is 1.78. The highest BCUT2D eigenvalue weighted by atomic mass is 35.5. The van der Waals surface area contributed by atoms with Gasteiger partial charge in [-0.25, -0.2) is 4.39 Å². The number of benzene rings is 2. The van der Waals surface area contributed by atoms with Crippen LogP contribution in [0.15, 0.2) is 42.5 Å². The number of ether oxygens (including phenoxy) is 1. The Morgan fingerprint density at radius 3 is 2.53 bits per heavy atom. The number of hydrogen-bond donors (Lipinski definition) is 1. The predicted molar refractivity (Wildman–Crippen MR) is 75.0 cm³/mol. The van der Waals surface area contributed by atoms with Crippen molar-refractivity contribution in [2.45, 2.75) is 13.0 Å². The minimum Gasteiger partial charge on any atom is -0.483 e. The van der Waals surface area contributed by atoms with E-state index in [2.05, 4.69) is 0 Å². The summed E-state index contributed by atoms with van der Waals surface area (Å²) in [4.78, 5) is 0. The van der Waals surface area contributed by atoms with Crippen LogP contribution in [-0.4, -0.2) is 6.54 Å². The lowest BCUT2D eigenvalue weighted by Gasteiger charge is -2.19. The largest absolute Gasteiger partial charge is 0.483 e. The van der Waals surface area contributed by atoms with Crippen LogP contribution >= 0.6 is 11.6 Å². The van der Waals surface area contributed by atoms with Crippen LogP contribution in [0.3, 0.4) is 0 Å². The van der Waals surface area contributed by atoms with Gasteiger partial charge >= 0.3 is 0 Å². The molecule has 0 saturated carbocycles. The van der Waals surface area contributed by atoms with E-state index in [0.717, 1.165) is 11.1 Å². The molecule has 0 fully saturated rings. The van der Waals surface area contributed by atoms with E-state index in [4.69, 9.17) is 22.1 Å². The molecule has 100 valence electrons. The molecule has 0 radical (unpaired) electrons. The maximum atomic E-state index is 12.9. The van der Waals surface area contributed by atoms with Crippen molar-refractivity contribution in [2.75, 3.05) is 6.54 Å². The molecule has 0 spiro atoms. The van der Waals surface area contributed by atoms with Crippen LogP contribution in [-0.2, 0) is 0 Å². The van der Waals surface area contributed by atoms with Gasteiger partial charge in [0.25, 0.3) is 0 Å². The molecule has 0 bridgehead atoms. The van der Waals surface area contributed by atoms with E-state index < -0.39 is 0 Å². The fourth-order valence-corrected chi connectivity index (χ4v) is 1.95. The molecule has 0 aliphatic rings. The number of rotatable bonds is 4. The first-order valence-corrected chi connectivity index (χ1v) is 6.36. The van der Waals surface area contributed by atoms with E-state index in [0.29, 0.717) is 10.8 Å². The van der Waals surface area contributed by atoms with Crippen molar-refractivity contribution in [1.29, 1.82) is 0 Å². The Balaban J connectivity index is 2.23. The summed E-state index contributed by atoms with van der Waals surface area (Å²) in [6, 6.07) is 11.6. The van der Waals surface area contributed by atoms with Gasteiger partial charge in [-0.3, -0.25) is 0 Å². The lowest BCUT2D eigenvalue weighted by atomic mass is 10.1. The molecule has 2 nitrogen and oxygen atoms in total. The lowest BCUT2D eigenvalue weighted by molar-refractivity contribution is 0.214. The second kappa shape index (κ2) is 6.04. The van der Waals surface area contributed by atoms with Crippen molar-refractivity contribution in [3.8, 4) is 5.75 Å². The van der Waals surface area contributed by atoms with Gasteiger partial charge in [0.2, 0.25) is 0 Å². The van der Waals surface area contributed by atoms with Crippen LogP contribution in [0, 0.1) is 12.7 Å². The second-order valence-corrected chi connectivity index (χ2v) is 4.73. The lowest BCUT2D eigenvalue weighted by Crippen LogP contribution is -2.18. The summed E-state index contributed by atoms with van der Waals surface area (Å²) in [7, 11) is 0. The van der Waals surface area contributed by atoms with E-state index in [-0.39, 0.29) is 18.5 Å². The zero-order chi connectivity index (χ0) is 13.8. The highest BCUT2D eigenvalue weighted by Gasteiger charge is 2.13. The summed E-state index contributed by atoms with van der Waals surface area (Å²) in [5, 5.41) is 0.533. The van der Waals surface area contributed by atoms with Crippen molar-refractivity contribution in [1.82, 2.24) is 0 Å². The minimum absolute atomic E-state index is 0.284. The van der Waals surface area contributed by atoms with Gasteiger partial charge in [-0.2, -0.15) is 0 Å². The molecule has 4 heteroatoms. The average molecular weight is 280 g/mol. The van der Waals surface area contributed by atoms with E-state index >= 15 is 0 Å².